The van der Waals surface area contributed by atoms with Crippen molar-refractivity contribution in [3.8, 4) is 0 Å². The molecular formula is C14H19FO. The van der Waals surface area contributed by atoms with Crippen LogP contribution < -0.4 is 0 Å². The first kappa shape index (κ1) is 11.6. The van der Waals surface area contributed by atoms with Crippen LogP contribution >= 0.6 is 0 Å². The molecule has 0 spiro atoms. The van der Waals surface area contributed by atoms with Crippen LogP contribution in [0.5, 0.6) is 0 Å². The second kappa shape index (κ2) is 4.96. The van der Waals surface area contributed by atoms with Crippen LogP contribution in [-0.2, 0) is 6.42 Å². The number of benzene rings is 1. The van der Waals surface area contributed by atoms with Crippen LogP contribution in [0, 0.1) is 17.7 Å². The lowest BCUT2D eigenvalue weighted by Gasteiger charge is -2.31. The third-order valence-electron chi connectivity index (χ3n) is 3.59. The normalized spacial score (nSPS) is 30.3. The van der Waals surface area contributed by atoms with Gasteiger partial charge < -0.3 is 5.11 Å². The summed E-state index contributed by atoms with van der Waals surface area (Å²) in [5.41, 5.74) is 0.998. The molecule has 0 bridgehead atoms. The average molecular weight is 222 g/mol. The van der Waals surface area contributed by atoms with Crippen LogP contribution in [0.2, 0.25) is 0 Å². The first-order valence-corrected chi connectivity index (χ1v) is 6.07. The van der Waals surface area contributed by atoms with Crippen molar-refractivity contribution >= 4 is 0 Å². The molecule has 1 saturated carbocycles. The fourth-order valence-corrected chi connectivity index (χ4v) is 2.67. The lowest BCUT2D eigenvalue weighted by molar-refractivity contribution is 0.0519. The molecule has 2 heteroatoms. The largest absolute Gasteiger partial charge is 0.393 e. The van der Waals surface area contributed by atoms with Crippen LogP contribution in [0.25, 0.3) is 0 Å². The van der Waals surface area contributed by atoms with Crippen LogP contribution in [0.3, 0.4) is 0 Å². The molecule has 0 saturated heterocycles. The fourth-order valence-electron chi connectivity index (χ4n) is 2.67. The highest BCUT2D eigenvalue weighted by atomic mass is 19.1. The molecule has 88 valence electrons. The quantitative estimate of drug-likeness (QED) is 0.815. The number of hydrogen-bond acceptors (Lipinski definition) is 1. The Bertz CT molecular complexity index is 350. The van der Waals surface area contributed by atoms with Crippen molar-refractivity contribution in [1.29, 1.82) is 0 Å². The Morgan fingerprint density at radius 1 is 1.38 bits per heavy atom. The first-order valence-electron chi connectivity index (χ1n) is 6.07. The van der Waals surface area contributed by atoms with E-state index in [9.17, 15) is 9.50 Å². The maximum atomic E-state index is 13.0. The number of aliphatic hydroxyl groups is 1. The number of hydrogen-bond donors (Lipinski definition) is 1. The summed E-state index contributed by atoms with van der Waals surface area (Å²) in [6.45, 7) is 2.23. The molecule has 1 aromatic rings. The topological polar surface area (TPSA) is 20.2 Å². The van der Waals surface area contributed by atoms with E-state index in [1.54, 1.807) is 12.1 Å². The predicted molar refractivity (Wildman–Crippen MR) is 62.6 cm³/mol. The zero-order valence-corrected chi connectivity index (χ0v) is 9.70. The van der Waals surface area contributed by atoms with Crippen molar-refractivity contribution in [2.24, 2.45) is 11.8 Å². The van der Waals surface area contributed by atoms with E-state index in [1.807, 2.05) is 6.07 Å². The van der Waals surface area contributed by atoms with Gasteiger partial charge in [-0.2, -0.15) is 0 Å². The summed E-state index contributed by atoms with van der Waals surface area (Å²) in [6, 6.07) is 6.72. The molecule has 1 aromatic carbocycles. The van der Waals surface area contributed by atoms with Gasteiger partial charge in [0.2, 0.25) is 0 Å². The maximum absolute atomic E-state index is 13.0. The molecule has 0 amide bonds. The third kappa shape index (κ3) is 2.82. The zero-order valence-electron chi connectivity index (χ0n) is 9.70. The van der Waals surface area contributed by atoms with E-state index < -0.39 is 0 Å². The van der Waals surface area contributed by atoms with Gasteiger partial charge in [0, 0.05) is 0 Å². The van der Waals surface area contributed by atoms with Crippen molar-refractivity contribution < 1.29 is 9.50 Å². The Morgan fingerprint density at radius 3 is 2.94 bits per heavy atom. The monoisotopic (exact) mass is 222 g/mol. The average Bonchev–Trinajstić information content (AvgIpc) is 2.24. The van der Waals surface area contributed by atoms with Gasteiger partial charge in [-0.1, -0.05) is 19.1 Å². The summed E-state index contributed by atoms with van der Waals surface area (Å²) >= 11 is 0. The minimum Gasteiger partial charge on any atom is -0.393 e. The fraction of sp³-hybridized carbons (Fsp3) is 0.571. The lowest BCUT2D eigenvalue weighted by atomic mass is 9.77. The molecule has 0 aromatic heterocycles. The van der Waals surface area contributed by atoms with Gasteiger partial charge in [0.15, 0.2) is 0 Å². The van der Waals surface area contributed by atoms with E-state index in [0.29, 0.717) is 11.8 Å². The van der Waals surface area contributed by atoms with Gasteiger partial charge in [0.05, 0.1) is 6.10 Å². The van der Waals surface area contributed by atoms with E-state index in [-0.39, 0.29) is 11.9 Å². The Kier molecular flexibility index (Phi) is 3.59. The third-order valence-corrected chi connectivity index (χ3v) is 3.59. The lowest BCUT2D eigenvalue weighted by Crippen LogP contribution is -2.29. The molecule has 1 nitrogen and oxygen atoms in total. The van der Waals surface area contributed by atoms with E-state index in [0.717, 1.165) is 31.2 Å². The van der Waals surface area contributed by atoms with Crippen LogP contribution in [0.1, 0.15) is 31.7 Å². The van der Waals surface area contributed by atoms with Crippen molar-refractivity contribution in [2.45, 2.75) is 38.7 Å². The van der Waals surface area contributed by atoms with Gasteiger partial charge >= 0.3 is 0 Å². The van der Waals surface area contributed by atoms with Gasteiger partial charge in [-0.05, 0) is 55.2 Å². The molecule has 16 heavy (non-hydrogen) atoms. The Hall–Kier alpha value is -0.890. The van der Waals surface area contributed by atoms with Crippen LogP contribution in [-0.4, -0.2) is 11.2 Å². The highest BCUT2D eigenvalue weighted by Gasteiger charge is 2.26. The van der Waals surface area contributed by atoms with E-state index >= 15 is 0 Å². The predicted octanol–water partition coefficient (Wildman–Crippen LogP) is 3.17. The standard InChI is InChI=1S/C14H19FO/c1-10-5-6-14(16)12(7-10)8-11-3-2-4-13(15)9-11/h2-4,9-10,12,14,16H,5-8H2,1H3. The highest BCUT2D eigenvalue weighted by Crippen LogP contribution is 2.31. The molecule has 2 rings (SSSR count). The van der Waals surface area contributed by atoms with Gasteiger partial charge in [-0.3, -0.25) is 0 Å². The van der Waals surface area contributed by atoms with E-state index in [4.69, 9.17) is 0 Å². The molecule has 0 heterocycles. The van der Waals surface area contributed by atoms with Gasteiger partial charge in [0.25, 0.3) is 0 Å². The van der Waals surface area contributed by atoms with Gasteiger partial charge in [-0.25, -0.2) is 4.39 Å². The molecule has 3 atom stereocenters. The second-order valence-electron chi connectivity index (χ2n) is 5.08. The van der Waals surface area contributed by atoms with Crippen molar-refractivity contribution in [3.63, 3.8) is 0 Å². The van der Waals surface area contributed by atoms with Gasteiger partial charge in [0.1, 0.15) is 5.82 Å². The summed E-state index contributed by atoms with van der Waals surface area (Å²) in [6.07, 6.45) is 3.64. The van der Waals surface area contributed by atoms with E-state index in [1.165, 1.54) is 6.07 Å². The zero-order chi connectivity index (χ0) is 11.5. The van der Waals surface area contributed by atoms with Crippen molar-refractivity contribution in [1.82, 2.24) is 0 Å². The molecule has 0 radical (unpaired) electrons. The molecule has 1 fully saturated rings. The molecule has 1 N–H and O–H groups in total. The van der Waals surface area contributed by atoms with Crippen molar-refractivity contribution in [2.75, 3.05) is 0 Å². The summed E-state index contributed by atoms with van der Waals surface area (Å²) in [5.74, 6) is 0.795. The number of aliphatic hydroxyl groups excluding tert-OH is 1. The van der Waals surface area contributed by atoms with Crippen molar-refractivity contribution in [3.05, 3.63) is 35.6 Å². The molecular weight excluding hydrogens is 203 g/mol. The Labute approximate surface area is 96.3 Å². The molecule has 1 aliphatic carbocycles. The summed E-state index contributed by atoms with van der Waals surface area (Å²) < 4.78 is 13.0. The van der Waals surface area contributed by atoms with Crippen LogP contribution in [0.4, 0.5) is 4.39 Å². The molecule has 1 aliphatic rings. The minimum absolute atomic E-state index is 0.184. The number of halogens is 1. The SMILES string of the molecule is CC1CCC(O)C(Cc2cccc(F)c2)C1. The summed E-state index contributed by atoms with van der Waals surface area (Å²) in [5, 5.41) is 9.92. The first-order chi connectivity index (χ1) is 7.65. The van der Waals surface area contributed by atoms with Crippen LogP contribution in [0.15, 0.2) is 24.3 Å². The number of rotatable bonds is 2. The Morgan fingerprint density at radius 2 is 2.19 bits per heavy atom. The minimum atomic E-state index is -0.209. The maximum Gasteiger partial charge on any atom is 0.123 e. The smallest absolute Gasteiger partial charge is 0.123 e. The highest BCUT2D eigenvalue weighted by molar-refractivity contribution is 5.17. The van der Waals surface area contributed by atoms with Gasteiger partial charge in [-0.15, -0.1) is 0 Å². The summed E-state index contributed by atoms with van der Waals surface area (Å²) in [4.78, 5) is 0. The molecule has 3 unspecified atom stereocenters. The summed E-state index contributed by atoms with van der Waals surface area (Å²) in [7, 11) is 0. The second-order valence-corrected chi connectivity index (χ2v) is 5.08. The Balaban J connectivity index is 2.02. The van der Waals surface area contributed by atoms with E-state index in [2.05, 4.69) is 6.92 Å². The molecule has 0 aliphatic heterocycles.